The van der Waals surface area contributed by atoms with Crippen LogP contribution >= 0.6 is 24.0 Å². The van der Waals surface area contributed by atoms with Crippen molar-refractivity contribution in [1.29, 1.82) is 0 Å². The molecule has 0 bridgehead atoms. The van der Waals surface area contributed by atoms with Gasteiger partial charge in [0.25, 0.3) is 0 Å². The van der Waals surface area contributed by atoms with Gasteiger partial charge in [-0.25, -0.2) is 0 Å². The van der Waals surface area contributed by atoms with Crippen LogP contribution in [0.3, 0.4) is 0 Å². The van der Waals surface area contributed by atoms with Crippen LogP contribution in [0.25, 0.3) is 0 Å². The zero-order chi connectivity index (χ0) is 19.6. The number of aliphatic imine (C=N–C) groups is 1. The molecule has 152 valence electrons. The lowest BCUT2D eigenvalue weighted by Gasteiger charge is -2.18. The fraction of sp³-hybridized carbons (Fsp3) is 0.381. The summed E-state index contributed by atoms with van der Waals surface area (Å²) in [6.07, 6.45) is 2.51. The van der Waals surface area contributed by atoms with Gasteiger partial charge in [-0.15, -0.1) is 24.0 Å². The molecule has 0 radical (unpaired) electrons. The van der Waals surface area contributed by atoms with Crippen LogP contribution in [0.1, 0.15) is 22.4 Å². The molecule has 0 saturated heterocycles. The second-order valence-electron chi connectivity index (χ2n) is 6.60. The molecule has 6 nitrogen and oxygen atoms in total. The predicted octanol–water partition coefficient (Wildman–Crippen LogP) is 2.68. The first-order valence-corrected chi connectivity index (χ1v) is 9.14. The van der Waals surface area contributed by atoms with Crippen LogP contribution in [0.5, 0.6) is 0 Å². The zero-order valence-corrected chi connectivity index (χ0v) is 19.4. The van der Waals surface area contributed by atoms with Crippen LogP contribution in [0.15, 0.2) is 47.6 Å². The number of carbonyl (C=O) groups is 1. The molecule has 1 aromatic carbocycles. The van der Waals surface area contributed by atoms with E-state index in [0.717, 1.165) is 12.1 Å². The van der Waals surface area contributed by atoms with Crippen molar-refractivity contribution in [3.63, 3.8) is 0 Å². The highest BCUT2D eigenvalue weighted by molar-refractivity contribution is 14.0. The van der Waals surface area contributed by atoms with Gasteiger partial charge < -0.3 is 15.5 Å². The average Bonchev–Trinajstić information content (AvgIpc) is 2.68. The Morgan fingerprint density at radius 1 is 1.18 bits per heavy atom. The molecule has 2 aromatic rings. The number of hydrogen-bond acceptors (Lipinski definition) is 3. The standard InChI is InChI=1S/C21H29N5O.HI/c1-16-8-9-18(17(2)13-16)14-24-21(22-3)25-15-20(27)26(4)12-10-19-7-5-6-11-23-19;/h5-9,11,13H,10,12,14-15H2,1-4H3,(H2,22,24,25);1H. The van der Waals surface area contributed by atoms with Gasteiger partial charge in [-0.05, 0) is 37.1 Å². The van der Waals surface area contributed by atoms with E-state index in [0.29, 0.717) is 19.0 Å². The van der Waals surface area contributed by atoms with Gasteiger partial charge in [0.1, 0.15) is 0 Å². The molecule has 0 atom stereocenters. The van der Waals surface area contributed by atoms with Crippen LogP contribution < -0.4 is 10.6 Å². The van der Waals surface area contributed by atoms with Gasteiger partial charge in [-0.3, -0.25) is 14.8 Å². The predicted molar refractivity (Wildman–Crippen MR) is 125 cm³/mol. The first-order chi connectivity index (χ1) is 13.0. The third-order valence-corrected chi connectivity index (χ3v) is 4.43. The maximum Gasteiger partial charge on any atom is 0.241 e. The van der Waals surface area contributed by atoms with E-state index in [1.54, 1.807) is 25.2 Å². The quantitative estimate of drug-likeness (QED) is 0.352. The molecule has 1 aromatic heterocycles. The van der Waals surface area contributed by atoms with E-state index in [1.807, 2.05) is 18.2 Å². The normalized spacial score (nSPS) is 10.8. The summed E-state index contributed by atoms with van der Waals surface area (Å²) in [5.74, 6) is 0.627. The monoisotopic (exact) mass is 495 g/mol. The number of halogens is 1. The Kier molecular flexibility index (Phi) is 10.5. The first-order valence-electron chi connectivity index (χ1n) is 9.14. The Hall–Kier alpha value is -2.16. The number of benzene rings is 1. The molecule has 0 spiro atoms. The van der Waals surface area contributed by atoms with E-state index in [9.17, 15) is 4.79 Å². The van der Waals surface area contributed by atoms with E-state index in [2.05, 4.69) is 52.7 Å². The minimum absolute atomic E-state index is 0. The summed E-state index contributed by atoms with van der Waals surface area (Å²) in [6, 6.07) is 12.2. The maximum atomic E-state index is 12.3. The Balaban J connectivity index is 0.00000392. The van der Waals surface area contributed by atoms with Crippen LogP contribution in [0, 0.1) is 13.8 Å². The lowest BCUT2D eigenvalue weighted by atomic mass is 10.1. The molecule has 1 heterocycles. The number of likely N-dealkylation sites (N-methyl/N-ethyl adjacent to an activating group) is 1. The minimum atomic E-state index is 0. The molecule has 0 fully saturated rings. The first kappa shape index (κ1) is 23.9. The lowest BCUT2D eigenvalue weighted by molar-refractivity contribution is -0.128. The van der Waals surface area contributed by atoms with Crippen molar-refractivity contribution in [2.75, 3.05) is 27.2 Å². The second kappa shape index (κ2) is 12.3. The van der Waals surface area contributed by atoms with E-state index >= 15 is 0 Å². The maximum absolute atomic E-state index is 12.3. The van der Waals surface area contributed by atoms with E-state index in [-0.39, 0.29) is 36.4 Å². The fourth-order valence-corrected chi connectivity index (χ4v) is 2.69. The van der Waals surface area contributed by atoms with Crippen LogP contribution in [0.4, 0.5) is 0 Å². The summed E-state index contributed by atoms with van der Waals surface area (Å²) in [7, 11) is 3.51. The minimum Gasteiger partial charge on any atom is -0.352 e. The molecule has 28 heavy (non-hydrogen) atoms. The van der Waals surface area contributed by atoms with Gasteiger partial charge in [0.2, 0.25) is 5.91 Å². The number of guanidine groups is 1. The highest BCUT2D eigenvalue weighted by Gasteiger charge is 2.10. The number of rotatable bonds is 7. The molecule has 0 aliphatic rings. The molecule has 2 rings (SSSR count). The molecule has 7 heteroatoms. The number of pyridine rings is 1. The van der Waals surface area contributed by atoms with Gasteiger partial charge in [-0.2, -0.15) is 0 Å². The van der Waals surface area contributed by atoms with Crippen molar-refractivity contribution < 1.29 is 4.79 Å². The van der Waals surface area contributed by atoms with E-state index in [4.69, 9.17) is 0 Å². The molecule has 2 N–H and O–H groups in total. The van der Waals surface area contributed by atoms with Crippen LogP contribution in [-0.2, 0) is 17.8 Å². The number of nitrogens with zero attached hydrogens (tertiary/aromatic N) is 3. The summed E-state index contributed by atoms with van der Waals surface area (Å²) < 4.78 is 0. The Morgan fingerprint density at radius 2 is 1.96 bits per heavy atom. The molecule has 0 saturated carbocycles. The SMILES string of the molecule is CN=C(NCC(=O)N(C)CCc1ccccn1)NCc1ccc(C)cc1C.I. The second-order valence-corrected chi connectivity index (χ2v) is 6.60. The van der Waals surface area contributed by atoms with Crippen LogP contribution in [0.2, 0.25) is 0 Å². The van der Waals surface area contributed by atoms with Crippen molar-refractivity contribution in [3.05, 3.63) is 65.0 Å². The zero-order valence-electron chi connectivity index (χ0n) is 17.0. The summed E-state index contributed by atoms with van der Waals surface area (Å²) in [5.41, 5.74) is 4.68. The summed E-state index contributed by atoms with van der Waals surface area (Å²) in [6.45, 7) is 5.67. The smallest absolute Gasteiger partial charge is 0.241 e. The summed E-state index contributed by atoms with van der Waals surface area (Å²) in [5, 5.41) is 6.34. The van der Waals surface area contributed by atoms with Crippen molar-refractivity contribution in [1.82, 2.24) is 20.5 Å². The topological polar surface area (TPSA) is 69.6 Å². The Labute approximate surface area is 184 Å². The van der Waals surface area contributed by atoms with Gasteiger partial charge in [-0.1, -0.05) is 29.8 Å². The number of amides is 1. The number of carbonyl (C=O) groups excluding carboxylic acids is 1. The van der Waals surface area contributed by atoms with Crippen molar-refractivity contribution in [2.24, 2.45) is 4.99 Å². The van der Waals surface area contributed by atoms with Crippen molar-refractivity contribution in [3.8, 4) is 0 Å². The van der Waals surface area contributed by atoms with E-state index in [1.165, 1.54) is 16.7 Å². The van der Waals surface area contributed by atoms with E-state index < -0.39 is 0 Å². The van der Waals surface area contributed by atoms with Crippen LogP contribution in [-0.4, -0.2) is 48.9 Å². The molecule has 0 aliphatic carbocycles. The van der Waals surface area contributed by atoms with Gasteiger partial charge in [0.05, 0.1) is 6.54 Å². The number of hydrogen-bond donors (Lipinski definition) is 2. The van der Waals surface area contributed by atoms with Gasteiger partial charge in [0.15, 0.2) is 5.96 Å². The fourth-order valence-electron chi connectivity index (χ4n) is 2.69. The third-order valence-electron chi connectivity index (χ3n) is 4.43. The molecular weight excluding hydrogens is 465 g/mol. The number of aryl methyl sites for hydroxylation is 2. The molecular formula is C21H30IN5O. The van der Waals surface area contributed by atoms with Crippen molar-refractivity contribution in [2.45, 2.75) is 26.8 Å². The number of aromatic nitrogens is 1. The molecule has 0 aliphatic heterocycles. The van der Waals surface area contributed by atoms with Gasteiger partial charge in [0, 0.05) is 45.5 Å². The van der Waals surface area contributed by atoms with Crippen molar-refractivity contribution >= 4 is 35.8 Å². The molecule has 0 unspecified atom stereocenters. The highest BCUT2D eigenvalue weighted by Crippen LogP contribution is 2.09. The Morgan fingerprint density at radius 3 is 2.61 bits per heavy atom. The summed E-state index contributed by atoms with van der Waals surface area (Å²) in [4.78, 5) is 22.5. The lowest BCUT2D eigenvalue weighted by Crippen LogP contribution is -2.43. The summed E-state index contributed by atoms with van der Waals surface area (Å²) >= 11 is 0. The molecule has 1 amide bonds. The Bertz CT molecular complexity index is 780. The largest absolute Gasteiger partial charge is 0.352 e. The highest BCUT2D eigenvalue weighted by atomic mass is 127. The number of nitrogens with one attached hydrogen (secondary N) is 2. The third kappa shape index (κ3) is 7.84. The average molecular weight is 495 g/mol. The van der Waals surface area contributed by atoms with Gasteiger partial charge >= 0.3 is 0 Å².